The Morgan fingerprint density at radius 1 is 1.14 bits per heavy atom. The zero-order valence-electron chi connectivity index (χ0n) is 13.9. The molecule has 0 radical (unpaired) electrons. The normalized spacial score (nSPS) is 28.5. The molecule has 0 N–H and O–H groups in total. The Morgan fingerprint density at radius 2 is 1.68 bits per heavy atom. The van der Waals surface area contributed by atoms with Gasteiger partial charge in [-0.3, -0.25) is 0 Å². The van der Waals surface area contributed by atoms with Crippen LogP contribution in [0.15, 0.2) is 24.3 Å². The summed E-state index contributed by atoms with van der Waals surface area (Å²) in [5.41, 5.74) is 1.26. The predicted molar refractivity (Wildman–Crippen MR) is 85.0 cm³/mol. The Labute approximate surface area is 132 Å². The monoisotopic (exact) mass is 302 g/mol. The number of hydrogen-bond donors (Lipinski definition) is 0. The van der Waals surface area contributed by atoms with Gasteiger partial charge in [-0.05, 0) is 57.7 Å². The standard InChI is InChI=1S/C17H23BO4/c1-16(2)17(3,4)22-18(21-16)14-10-13(14)11-6-8-12(9-7-11)15(19)20-5/h6-9,13-14H,10H2,1-5H3. The van der Waals surface area contributed by atoms with E-state index in [4.69, 9.17) is 14.0 Å². The Kier molecular flexibility index (Phi) is 3.61. The molecule has 3 rings (SSSR count). The number of methoxy groups -OCH3 is 1. The van der Waals surface area contributed by atoms with Crippen molar-refractivity contribution in [2.24, 2.45) is 0 Å². The number of hydrogen-bond acceptors (Lipinski definition) is 4. The molecule has 1 heterocycles. The number of rotatable bonds is 3. The maximum Gasteiger partial charge on any atom is 0.461 e. The van der Waals surface area contributed by atoms with Crippen LogP contribution in [0, 0.1) is 0 Å². The number of ether oxygens (including phenoxy) is 1. The Balaban J connectivity index is 1.67. The number of carbonyl (C=O) groups is 1. The molecule has 1 aliphatic heterocycles. The molecule has 2 aliphatic rings. The summed E-state index contributed by atoms with van der Waals surface area (Å²) in [6.07, 6.45) is 1.06. The molecule has 0 spiro atoms. The summed E-state index contributed by atoms with van der Waals surface area (Å²) in [5.74, 6) is 0.538. The molecule has 1 saturated carbocycles. The van der Waals surface area contributed by atoms with Crippen LogP contribution < -0.4 is 0 Å². The molecule has 1 aromatic carbocycles. The van der Waals surface area contributed by atoms with Crippen LogP contribution in [0.25, 0.3) is 0 Å². The van der Waals surface area contributed by atoms with Crippen LogP contribution in [0.1, 0.15) is 56.0 Å². The first-order chi connectivity index (χ1) is 10.2. The molecule has 0 bridgehead atoms. The second-order valence-corrected chi connectivity index (χ2v) is 7.24. The molecule has 2 fully saturated rings. The van der Waals surface area contributed by atoms with Gasteiger partial charge in [0.05, 0.1) is 23.9 Å². The maximum atomic E-state index is 11.5. The fraction of sp³-hybridized carbons (Fsp3) is 0.588. The van der Waals surface area contributed by atoms with E-state index < -0.39 is 0 Å². The second kappa shape index (κ2) is 5.10. The summed E-state index contributed by atoms with van der Waals surface area (Å²) < 4.78 is 17.0. The minimum Gasteiger partial charge on any atom is -0.465 e. The maximum absolute atomic E-state index is 11.5. The summed E-state index contributed by atoms with van der Waals surface area (Å²) in [6, 6.07) is 7.64. The van der Waals surface area contributed by atoms with Crippen molar-refractivity contribution in [3.8, 4) is 0 Å². The third kappa shape index (κ3) is 2.57. The highest BCUT2D eigenvalue weighted by molar-refractivity contribution is 6.49. The highest BCUT2D eigenvalue weighted by Crippen LogP contribution is 2.58. The van der Waals surface area contributed by atoms with E-state index in [1.54, 1.807) is 0 Å². The second-order valence-electron chi connectivity index (χ2n) is 7.24. The van der Waals surface area contributed by atoms with Gasteiger partial charge in [-0.25, -0.2) is 4.79 Å². The van der Waals surface area contributed by atoms with E-state index in [1.165, 1.54) is 12.7 Å². The van der Waals surface area contributed by atoms with E-state index in [0.29, 0.717) is 17.3 Å². The van der Waals surface area contributed by atoms with Gasteiger partial charge >= 0.3 is 13.1 Å². The Bertz CT molecular complexity index is 563. The summed E-state index contributed by atoms with van der Waals surface area (Å²) in [4.78, 5) is 11.5. The lowest BCUT2D eigenvalue weighted by Crippen LogP contribution is -2.41. The summed E-state index contributed by atoms with van der Waals surface area (Å²) in [5, 5.41) is 0. The van der Waals surface area contributed by atoms with Crippen molar-refractivity contribution in [2.45, 2.75) is 57.1 Å². The topological polar surface area (TPSA) is 44.8 Å². The van der Waals surface area contributed by atoms with Crippen LogP contribution in [0.4, 0.5) is 0 Å². The van der Waals surface area contributed by atoms with Crippen LogP contribution in [0.5, 0.6) is 0 Å². The molecule has 0 aromatic heterocycles. The lowest BCUT2D eigenvalue weighted by Gasteiger charge is -2.32. The summed E-state index contributed by atoms with van der Waals surface area (Å²) in [7, 11) is 1.25. The predicted octanol–water partition coefficient (Wildman–Crippen LogP) is 3.42. The largest absolute Gasteiger partial charge is 0.465 e. The average Bonchev–Trinajstić information content (AvgIpc) is 3.21. The number of benzene rings is 1. The van der Waals surface area contributed by atoms with E-state index in [1.807, 2.05) is 24.3 Å². The van der Waals surface area contributed by atoms with E-state index in [0.717, 1.165) is 6.42 Å². The van der Waals surface area contributed by atoms with Crippen LogP contribution in [-0.4, -0.2) is 31.4 Å². The highest BCUT2D eigenvalue weighted by atomic mass is 16.7. The van der Waals surface area contributed by atoms with Gasteiger partial charge in [0, 0.05) is 5.82 Å². The zero-order chi connectivity index (χ0) is 16.1. The Morgan fingerprint density at radius 3 is 2.18 bits per heavy atom. The van der Waals surface area contributed by atoms with Crippen molar-refractivity contribution >= 4 is 13.1 Å². The van der Waals surface area contributed by atoms with Crippen LogP contribution in [0.3, 0.4) is 0 Å². The SMILES string of the molecule is COC(=O)c1ccc(C2CC2B2OC(C)(C)C(C)(C)O2)cc1. The summed E-state index contributed by atoms with van der Waals surface area (Å²) >= 11 is 0. The average molecular weight is 302 g/mol. The highest BCUT2D eigenvalue weighted by Gasteiger charge is 2.59. The van der Waals surface area contributed by atoms with Gasteiger partial charge in [0.1, 0.15) is 0 Å². The molecular formula is C17H23BO4. The first-order valence-corrected chi connectivity index (χ1v) is 7.79. The first-order valence-electron chi connectivity index (χ1n) is 7.79. The lowest BCUT2D eigenvalue weighted by molar-refractivity contribution is 0.00578. The van der Waals surface area contributed by atoms with Gasteiger partial charge in [0.15, 0.2) is 0 Å². The molecular weight excluding hydrogens is 279 g/mol. The minimum atomic E-state index is -0.301. The molecule has 4 nitrogen and oxygen atoms in total. The Hall–Kier alpha value is -1.33. The molecule has 118 valence electrons. The molecule has 2 unspecified atom stereocenters. The van der Waals surface area contributed by atoms with Gasteiger partial charge in [-0.2, -0.15) is 0 Å². The smallest absolute Gasteiger partial charge is 0.461 e. The van der Waals surface area contributed by atoms with Crippen molar-refractivity contribution in [3.63, 3.8) is 0 Å². The first kappa shape index (κ1) is 15.6. The molecule has 22 heavy (non-hydrogen) atoms. The van der Waals surface area contributed by atoms with Crippen molar-refractivity contribution in [2.75, 3.05) is 7.11 Å². The molecule has 0 amide bonds. The number of esters is 1. The van der Waals surface area contributed by atoms with Crippen molar-refractivity contribution in [1.82, 2.24) is 0 Å². The van der Waals surface area contributed by atoms with Crippen molar-refractivity contribution < 1.29 is 18.8 Å². The van der Waals surface area contributed by atoms with E-state index >= 15 is 0 Å². The summed E-state index contributed by atoms with van der Waals surface area (Å²) in [6.45, 7) is 8.32. The zero-order valence-corrected chi connectivity index (χ0v) is 13.9. The number of carbonyl (C=O) groups excluding carboxylic acids is 1. The third-order valence-electron chi connectivity index (χ3n) is 5.22. The van der Waals surface area contributed by atoms with Gasteiger partial charge in [-0.1, -0.05) is 12.1 Å². The molecule has 2 atom stereocenters. The van der Waals surface area contributed by atoms with Gasteiger partial charge < -0.3 is 14.0 Å². The van der Waals surface area contributed by atoms with E-state index in [-0.39, 0.29) is 24.3 Å². The van der Waals surface area contributed by atoms with Crippen LogP contribution in [0.2, 0.25) is 5.82 Å². The fourth-order valence-electron chi connectivity index (χ4n) is 2.95. The molecule has 1 aromatic rings. The van der Waals surface area contributed by atoms with Crippen LogP contribution >= 0.6 is 0 Å². The van der Waals surface area contributed by atoms with Crippen molar-refractivity contribution in [1.29, 1.82) is 0 Å². The van der Waals surface area contributed by atoms with Crippen LogP contribution in [-0.2, 0) is 14.0 Å². The van der Waals surface area contributed by atoms with Gasteiger partial charge in [0.2, 0.25) is 0 Å². The molecule has 1 saturated heterocycles. The molecule has 1 aliphatic carbocycles. The minimum absolute atomic E-state index is 0.143. The quantitative estimate of drug-likeness (QED) is 0.634. The lowest BCUT2D eigenvalue weighted by atomic mass is 9.79. The van der Waals surface area contributed by atoms with Gasteiger partial charge in [0.25, 0.3) is 0 Å². The van der Waals surface area contributed by atoms with E-state index in [9.17, 15) is 4.79 Å². The fourth-order valence-corrected chi connectivity index (χ4v) is 2.95. The molecule has 5 heteroatoms. The van der Waals surface area contributed by atoms with Crippen molar-refractivity contribution in [3.05, 3.63) is 35.4 Å². The van der Waals surface area contributed by atoms with Gasteiger partial charge in [-0.15, -0.1) is 0 Å². The van der Waals surface area contributed by atoms with E-state index in [2.05, 4.69) is 27.7 Å². The third-order valence-corrected chi connectivity index (χ3v) is 5.22.